The summed E-state index contributed by atoms with van der Waals surface area (Å²) in [5.74, 6) is -1.68. The van der Waals surface area contributed by atoms with E-state index in [4.69, 9.17) is 4.74 Å². The van der Waals surface area contributed by atoms with E-state index in [1.54, 1.807) is 41.3 Å². The van der Waals surface area contributed by atoms with Crippen LogP contribution in [0.25, 0.3) is 0 Å². The first-order valence-corrected chi connectivity index (χ1v) is 11.0. The van der Waals surface area contributed by atoms with Crippen molar-refractivity contribution in [3.8, 4) is 5.75 Å². The summed E-state index contributed by atoms with van der Waals surface area (Å²) in [6, 6.07) is 18.8. The van der Waals surface area contributed by atoms with Crippen molar-refractivity contribution in [2.45, 2.75) is 20.3 Å². The van der Waals surface area contributed by atoms with Gasteiger partial charge >= 0.3 is 5.97 Å². The van der Waals surface area contributed by atoms with Gasteiger partial charge in [-0.25, -0.2) is 4.90 Å². The molecular weight excluding hydrogens is 432 g/mol. The quantitative estimate of drug-likeness (QED) is 0.337. The van der Waals surface area contributed by atoms with Crippen molar-refractivity contribution in [1.29, 1.82) is 0 Å². The maximum absolute atomic E-state index is 12.8. The first-order valence-electron chi connectivity index (χ1n) is 11.0. The van der Waals surface area contributed by atoms with Crippen LogP contribution >= 0.6 is 0 Å². The van der Waals surface area contributed by atoms with Gasteiger partial charge in [-0.05, 0) is 67.4 Å². The topological polar surface area (TPSA) is 84.0 Å². The summed E-state index contributed by atoms with van der Waals surface area (Å²) < 4.78 is 5.51. The summed E-state index contributed by atoms with van der Waals surface area (Å²) in [4.78, 5) is 53.4. The van der Waals surface area contributed by atoms with Gasteiger partial charge in [0.15, 0.2) is 0 Å². The number of hydrogen-bond donors (Lipinski definition) is 0. The lowest BCUT2D eigenvalue weighted by Crippen LogP contribution is -2.29. The standard InChI is InChI=1S/C27H22N2O5/c1-16-7-8-17(2)23(13-16)28-15-18(14-24(28)30)27(33)34-20-11-9-19(10-12-20)29-25(31)21-5-3-4-6-22(21)26(29)32/h3-13,18H,14-15H2,1-2H3/t18-/m1/s1. The Labute approximate surface area is 196 Å². The van der Waals surface area contributed by atoms with E-state index < -0.39 is 11.9 Å². The molecule has 0 aliphatic carbocycles. The van der Waals surface area contributed by atoms with Crippen LogP contribution in [0.3, 0.4) is 0 Å². The minimum absolute atomic E-state index is 0.0827. The molecule has 0 unspecified atom stereocenters. The maximum Gasteiger partial charge on any atom is 0.316 e. The molecule has 2 heterocycles. The van der Waals surface area contributed by atoms with Crippen LogP contribution in [-0.2, 0) is 9.59 Å². The molecule has 1 fully saturated rings. The number of imide groups is 1. The van der Waals surface area contributed by atoms with Gasteiger partial charge in [-0.2, -0.15) is 0 Å². The summed E-state index contributed by atoms with van der Waals surface area (Å²) in [6.07, 6.45) is 0.0827. The first kappa shape index (κ1) is 21.6. The van der Waals surface area contributed by atoms with Gasteiger partial charge in [-0.15, -0.1) is 0 Å². The van der Waals surface area contributed by atoms with Gasteiger partial charge in [0.2, 0.25) is 5.91 Å². The average Bonchev–Trinajstić information content (AvgIpc) is 3.34. The lowest BCUT2D eigenvalue weighted by Gasteiger charge is -2.19. The van der Waals surface area contributed by atoms with Crippen LogP contribution in [0.5, 0.6) is 5.75 Å². The van der Waals surface area contributed by atoms with Gasteiger partial charge in [0, 0.05) is 18.7 Å². The number of benzene rings is 3. The number of rotatable bonds is 4. The molecule has 170 valence electrons. The number of amides is 3. The normalized spacial score (nSPS) is 17.4. The molecule has 2 aliphatic heterocycles. The maximum atomic E-state index is 12.8. The zero-order chi connectivity index (χ0) is 24.0. The van der Waals surface area contributed by atoms with Crippen LogP contribution < -0.4 is 14.5 Å². The van der Waals surface area contributed by atoms with Crippen molar-refractivity contribution in [2.75, 3.05) is 16.3 Å². The van der Waals surface area contributed by atoms with E-state index >= 15 is 0 Å². The van der Waals surface area contributed by atoms with E-state index in [1.165, 1.54) is 12.1 Å². The van der Waals surface area contributed by atoms with Crippen molar-refractivity contribution in [3.05, 3.63) is 89.0 Å². The summed E-state index contributed by atoms with van der Waals surface area (Å²) in [7, 11) is 0. The van der Waals surface area contributed by atoms with E-state index in [1.807, 2.05) is 32.0 Å². The molecule has 7 heteroatoms. The minimum atomic E-state index is -0.580. The van der Waals surface area contributed by atoms with Crippen molar-refractivity contribution in [3.63, 3.8) is 0 Å². The Morgan fingerprint density at radius 1 is 0.882 bits per heavy atom. The number of ether oxygens (including phenoxy) is 1. The summed E-state index contributed by atoms with van der Waals surface area (Å²) in [5, 5.41) is 0. The monoisotopic (exact) mass is 454 g/mol. The molecule has 1 saturated heterocycles. The molecule has 0 aromatic heterocycles. The summed E-state index contributed by atoms with van der Waals surface area (Å²) in [6.45, 7) is 4.15. The molecule has 0 saturated carbocycles. The summed E-state index contributed by atoms with van der Waals surface area (Å²) >= 11 is 0. The Balaban J connectivity index is 1.27. The Kier molecular flexibility index (Phi) is 5.24. The molecule has 0 N–H and O–H groups in total. The second-order valence-corrected chi connectivity index (χ2v) is 8.60. The predicted octanol–water partition coefficient (Wildman–Crippen LogP) is 4.06. The molecule has 5 rings (SSSR count). The van der Waals surface area contributed by atoms with Gasteiger partial charge < -0.3 is 9.64 Å². The number of carbonyl (C=O) groups is 4. The van der Waals surface area contributed by atoms with Gasteiger partial charge in [0.25, 0.3) is 11.8 Å². The van der Waals surface area contributed by atoms with Crippen LogP contribution in [0.1, 0.15) is 38.3 Å². The van der Waals surface area contributed by atoms with E-state index in [-0.39, 0.29) is 36.4 Å². The smallest absolute Gasteiger partial charge is 0.316 e. The Morgan fingerprint density at radius 3 is 2.18 bits per heavy atom. The second kappa shape index (κ2) is 8.26. The Bertz CT molecular complexity index is 1310. The number of aryl methyl sites for hydroxylation is 2. The molecular formula is C27H22N2O5. The lowest BCUT2D eigenvalue weighted by molar-refractivity contribution is -0.139. The molecule has 0 spiro atoms. The number of fused-ring (bicyclic) bond motifs is 1. The number of hydrogen-bond acceptors (Lipinski definition) is 5. The number of esters is 1. The SMILES string of the molecule is Cc1ccc(C)c(N2C[C@H](C(=O)Oc3ccc(N4C(=O)c5ccccc5C4=O)cc3)CC2=O)c1. The third-order valence-electron chi connectivity index (χ3n) is 6.22. The Hall–Kier alpha value is -4.26. The van der Waals surface area contributed by atoms with Gasteiger partial charge in [0.05, 0.1) is 22.7 Å². The highest BCUT2D eigenvalue weighted by Crippen LogP contribution is 2.31. The van der Waals surface area contributed by atoms with E-state index in [0.717, 1.165) is 21.7 Å². The van der Waals surface area contributed by atoms with E-state index in [2.05, 4.69) is 0 Å². The minimum Gasteiger partial charge on any atom is -0.426 e. The predicted molar refractivity (Wildman–Crippen MR) is 126 cm³/mol. The molecule has 2 aliphatic rings. The van der Waals surface area contributed by atoms with Gasteiger partial charge in [-0.1, -0.05) is 24.3 Å². The van der Waals surface area contributed by atoms with Crippen molar-refractivity contribution >= 4 is 35.1 Å². The molecule has 3 aromatic carbocycles. The number of carbonyl (C=O) groups excluding carboxylic acids is 4. The van der Waals surface area contributed by atoms with Gasteiger partial charge in [0.1, 0.15) is 5.75 Å². The molecule has 7 nitrogen and oxygen atoms in total. The third kappa shape index (κ3) is 3.65. The molecule has 0 radical (unpaired) electrons. The lowest BCUT2D eigenvalue weighted by atomic mass is 10.1. The van der Waals surface area contributed by atoms with Crippen molar-refractivity contribution < 1.29 is 23.9 Å². The van der Waals surface area contributed by atoms with E-state index in [9.17, 15) is 19.2 Å². The van der Waals surface area contributed by atoms with Crippen molar-refractivity contribution in [2.24, 2.45) is 5.92 Å². The number of anilines is 2. The second-order valence-electron chi connectivity index (χ2n) is 8.60. The third-order valence-corrected chi connectivity index (χ3v) is 6.22. The van der Waals surface area contributed by atoms with Crippen LogP contribution in [0.4, 0.5) is 11.4 Å². The van der Waals surface area contributed by atoms with Gasteiger partial charge in [-0.3, -0.25) is 19.2 Å². The van der Waals surface area contributed by atoms with Crippen LogP contribution in [0.15, 0.2) is 66.7 Å². The highest BCUT2D eigenvalue weighted by molar-refractivity contribution is 6.34. The van der Waals surface area contributed by atoms with Crippen LogP contribution in [0.2, 0.25) is 0 Å². The highest BCUT2D eigenvalue weighted by Gasteiger charge is 2.38. The molecule has 0 bridgehead atoms. The highest BCUT2D eigenvalue weighted by atomic mass is 16.5. The molecule has 34 heavy (non-hydrogen) atoms. The Morgan fingerprint density at radius 2 is 1.53 bits per heavy atom. The molecule has 1 atom stereocenters. The fraction of sp³-hybridized carbons (Fsp3) is 0.185. The first-order chi connectivity index (χ1) is 16.3. The van der Waals surface area contributed by atoms with Crippen molar-refractivity contribution in [1.82, 2.24) is 0 Å². The fourth-order valence-electron chi connectivity index (χ4n) is 4.40. The molecule has 3 amide bonds. The largest absolute Gasteiger partial charge is 0.426 e. The molecule has 3 aromatic rings. The van der Waals surface area contributed by atoms with Crippen LogP contribution in [0, 0.1) is 19.8 Å². The zero-order valence-electron chi connectivity index (χ0n) is 18.8. The zero-order valence-corrected chi connectivity index (χ0v) is 18.8. The fourth-order valence-corrected chi connectivity index (χ4v) is 4.40. The van der Waals surface area contributed by atoms with Crippen LogP contribution in [-0.4, -0.2) is 30.2 Å². The average molecular weight is 454 g/mol. The number of nitrogens with zero attached hydrogens (tertiary/aromatic N) is 2. The van der Waals surface area contributed by atoms with E-state index in [0.29, 0.717) is 16.8 Å². The summed E-state index contributed by atoms with van der Waals surface area (Å²) in [5.41, 5.74) is 3.94.